The van der Waals surface area contributed by atoms with Crippen molar-refractivity contribution in [2.45, 2.75) is 19.5 Å². The summed E-state index contributed by atoms with van der Waals surface area (Å²) in [7, 11) is 3.13. The van der Waals surface area contributed by atoms with Gasteiger partial charge in [-0.15, -0.1) is 0 Å². The Bertz CT molecular complexity index is 1230. The molecule has 0 aliphatic carbocycles. The highest BCUT2D eigenvalue weighted by atomic mass is 16.5. The molecule has 0 aromatic heterocycles. The molecular weight excluding hydrogens is 418 g/mol. The van der Waals surface area contributed by atoms with Crippen LogP contribution in [0.5, 0.6) is 11.5 Å². The van der Waals surface area contributed by atoms with Crippen molar-refractivity contribution >= 4 is 17.4 Å². The van der Waals surface area contributed by atoms with Gasteiger partial charge in [0.15, 0.2) is 0 Å². The molecule has 0 bridgehead atoms. The third-order valence-electron chi connectivity index (χ3n) is 5.86. The molecule has 0 spiro atoms. The van der Waals surface area contributed by atoms with Crippen molar-refractivity contribution in [3.05, 3.63) is 101 Å². The number of rotatable bonds is 6. The Labute approximate surface area is 192 Å². The van der Waals surface area contributed by atoms with Crippen LogP contribution in [0.15, 0.2) is 78.4 Å². The Kier molecular flexibility index (Phi) is 6.18. The van der Waals surface area contributed by atoms with Crippen molar-refractivity contribution < 1.29 is 24.2 Å². The smallest absolute Gasteiger partial charge is 0.295 e. The van der Waals surface area contributed by atoms with Crippen molar-refractivity contribution in [3.63, 3.8) is 0 Å². The first kappa shape index (κ1) is 22.1. The van der Waals surface area contributed by atoms with E-state index in [1.807, 2.05) is 61.5 Å². The molecule has 4 rings (SSSR count). The van der Waals surface area contributed by atoms with E-state index in [0.29, 0.717) is 17.1 Å². The number of nitrogens with zero attached hydrogens (tertiary/aromatic N) is 1. The van der Waals surface area contributed by atoms with Gasteiger partial charge in [0, 0.05) is 11.1 Å². The molecule has 1 unspecified atom stereocenters. The number of ether oxygens (including phenoxy) is 2. The Morgan fingerprint density at radius 3 is 2.24 bits per heavy atom. The quantitative estimate of drug-likeness (QED) is 0.341. The fourth-order valence-electron chi connectivity index (χ4n) is 4.22. The molecule has 3 aromatic rings. The number of aryl methyl sites for hydroxylation is 1. The van der Waals surface area contributed by atoms with Gasteiger partial charge in [0.1, 0.15) is 17.3 Å². The second-order valence-corrected chi connectivity index (χ2v) is 7.83. The Morgan fingerprint density at radius 1 is 0.909 bits per heavy atom. The van der Waals surface area contributed by atoms with Crippen LogP contribution in [0.1, 0.15) is 28.3 Å². The Hall–Kier alpha value is -4.06. The molecule has 1 N–H and O–H groups in total. The molecule has 33 heavy (non-hydrogen) atoms. The standard InChI is InChI=1S/C27H25NO5/c1-17-15-19(13-14-21(17)32-2)25(29)23-24(18-9-5-4-6-10-18)28(27(31)26(23)30)16-20-11-7-8-12-22(20)33-3/h4-15,24,29H,16H2,1-3H3/b25-23-. The predicted octanol–water partition coefficient (Wildman–Crippen LogP) is 4.63. The molecule has 1 amide bonds. The topological polar surface area (TPSA) is 76.1 Å². The molecule has 0 saturated carbocycles. The number of ketones is 1. The van der Waals surface area contributed by atoms with Gasteiger partial charge in [-0.1, -0.05) is 48.5 Å². The van der Waals surface area contributed by atoms with Crippen LogP contribution < -0.4 is 9.47 Å². The van der Waals surface area contributed by atoms with Crippen LogP contribution >= 0.6 is 0 Å². The number of aliphatic hydroxyl groups is 1. The first-order valence-electron chi connectivity index (χ1n) is 10.6. The number of aliphatic hydroxyl groups excluding tert-OH is 1. The van der Waals surface area contributed by atoms with E-state index in [4.69, 9.17) is 9.47 Å². The van der Waals surface area contributed by atoms with Gasteiger partial charge in [0.25, 0.3) is 11.7 Å². The van der Waals surface area contributed by atoms with Crippen molar-refractivity contribution in [3.8, 4) is 11.5 Å². The lowest BCUT2D eigenvalue weighted by atomic mass is 9.94. The van der Waals surface area contributed by atoms with E-state index in [1.165, 1.54) is 4.90 Å². The van der Waals surface area contributed by atoms with Crippen LogP contribution in [-0.4, -0.2) is 35.9 Å². The number of benzene rings is 3. The Morgan fingerprint density at radius 2 is 1.58 bits per heavy atom. The van der Waals surface area contributed by atoms with E-state index in [-0.39, 0.29) is 17.9 Å². The van der Waals surface area contributed by atoms with Crippen molar-refractivity contribution in [2.24, 2.45) is 0 Å². The van der Waals surface area contributed by atoms with Gasteiger partial charge in [0.2, 0.25) is 0 Å². The minimum atomic E-state index is -0.737. The minimum Gasteiger partial charge on any atom is -0.507 e. The van der Waals surface area contributed by atoms with Gasteiger partial charge in [-0.3, -0.25) is 9.59 Å². The first-order chi connectivity index (χ1) is 16.0. The third-order valence-corrected chi connectivity index (χ3v) is 5.86. The maximum absolute atomic E-state index is 13.2. The fourth-order valence-corrected chi connectivity index (χ4v) is 4.22. The molecule has 1 heterocycles. The van der Waals surface area contributed by atoms with Gasteiger partial charge in [-0.05, 0) is 42.3 Å². The van der Waals surface area contributed by atoms with E-state index in [2.05, 4.69) is 0 Å². The molecule has 1 saturated heterocycles. The second kappa shape index (κ2) is 9.20. The summed E-state index contributed by atoms with van der Waals surface area (Å²) in [5, 5.41) is 11.2. The molecule has 0 radical (unpaired) electrons. The number of likely N-dealkylation sites (tertiary alicyclic amines) is 1. The molecule has 3 aromatic carbocycles. The molecule has 1 aliphatic heterocycles. The molecular formula is C27H25NO5. The van der Waals surface area contributed by atoms with Crippen LogP contribution in [0, 0.1) is 6.92 Å². The van der Waals surface area contributed by atoms with E-state index in [0.717, 1.165) is 16.7 Å². The SMILES string of the molecule is COc1ccc(/C(O)=C2/C(=O)C(=O)N(Cc3ccccc3OC)C2c2ccccc2)cc1C. The average Bonchev–Trinajstić information content (AvgIpc) is 3.09. The summed E-state index contributed by atoms with van der Waals surface area (Å²) < 4.78 is 10.7. The van der Waals surface area contributed by atoms with Gasteiger partial charge in [0.05, 0.1) is 32.4 Å². The average molecular weight is 443 g/mol. The van der Waals surface area contributed by atoms with Gasteiger partial charge in [-0.25, -0.2) is 0 Å². The summed E-state index contributed by atoms with van der Waals surface area (Å²) in [6, 6.07) is 21.0. The zero-order valence-corrected chi connectivity index (χ0v) is 18.7. The molecule has 1 atom stereocenters. The summed E-state index contributed by atoms with van der Waals surface area (Å²) in [4.78, 5) is 27.9. The van der Waals surface area contributed by atoms with Gasteiger partial charge >= 0.3 is 0 Å². The fraction of sp³-hybridized carbons (Fsp3) is 0.185. The molecule has 1 aliphatic rings. The number of amides is 1. The lowest BCUT2D eigenvalue weighted by molar-refractivity contribution is -0.140. The summed E-state index contributed by atoms with van der Waals surface area (Å²) in [5.41, 5.74) is 2.82. The zero-order valence-electron chi connectivity index (χ0n) is 18.7. The summed E-state index contributed by atoms with van der Waals surface area (Å²) in [6.45, 7) is 2.01. The molecule has 1 fully saturated rings. The molecule has 168 valence electrons. The first-order valence-corrected chi connectivity index (χ1v) is 10.6. The van der Waals surface area contributed by atoms with Crippen molar-refractivity contribution in [1.29, 1.82) is 0 Å². The van der Waals surface area contributed by atoms with Gasteiger partial charge in [-0.2, -0.15) is 0 Å². The summed E-state index contributed by atoms with van der Waals surface area (Å²) >= 11 is 0. The minimum absolute atomic E-state index is 0.0608. The number of para-hydroxylation sites is 1. The lowest BCUT2D eigenvalue weighted by Gasteiger charge is -2.26. The van der Waals surface area contributed by atoms with E-state index in [1.54, 1.807) is 32.4 Å². The number of hydrogen-bond acceptors (Lipinski definition) is 5. The maximum atomic E-state index is 13.2. The Balaban J connectivity index is 1.86. The largest absolute Gasteiger partial charge is 0.507 e. The summed E-state index contributed by atoms with van der Waals surface area (Å²) in [6.07, 6.45) is 0. The lowest BCUT2D eigenvalue weighted by Crippen LogP contribution is -2.29. The van der Waals surface area contributed by atoms with Crippen LogP contribution in [-0.2, 0) is 16.1 Å². The zero-order chi connectivity index (χ0) is 23.5. The third kappa shape index (κ3) is 4.07. The van der Waals surface area contributed by atoms with Gasteiger partial charge < -0.3 is 19.5 Å². The van der Waals surface area contributed by atoms with E-state index in [9.17, 15) is 14.7 Å². The van der Waals surface area contributed by atoms with Crippen LogP contribution in [0.3, 0.4) is 0 Å². The highest BCUT2D eigenvalue weighted by Gasteiger charge is 2.46. The second-order valence-electron chi connectivity index (χ2n) is 7.83. The van der Waals surface area contributed by atoms with Crippen molar-refractivity contribution in [2.75, 3.05) is 14.2 Å². The number of hydrogen-bond donors (Lipinski definition) is 1. The normalized spacial score (nSPS) is 17.3. The number of Topliss-reactive ketones (excluding diaryl/α,β-unsaturated/α-hetero) is 1. The number of carbonyl (C=O) groups is 2. The highest BCUT2D eigenvalue weighted by Crippen LogP contribution is 2.41. The van der Waals surface area contributed by atoms with E-state index < -0.39 is 17.7 Å². The van der Waals surface area contributed by atoms with Crippen LogP contribution in [0.25, 0.3) is 5.76 Å². The maximum Gasteiger partial charge on any atom is 0.295 e. The highest BCUT2D eigenvalue weighted by molar-refractivity contribution is 6.46. The van der Waals surface area contributed by atoms with Crippen LogP contribution in [0.2, 0.25) is 0 Å². The monoisotopic (exact) mass is 443 g/mol. The van der Waals surface area contributed by atoms with Crippen LogP contribution in [0.4, 0.5) is 0 Å². The van der Waals surface area contributed by atoms with Crippen molar-refractivity contribution in [1.82, 2.24) is 4.90 Å². The van der Waals surface area contributed by atoms with E-state index >= 15 is 0 Å². The number of methoxy groups -OCH3 is 2. The summed E-state index contributed by atoms with van der Waals surface area (Å²) in [5.74, 6) is -0.304. The number of carbonyl (C=O) groups excluding carboxylic acids is 2. The predicted molar refractivity (Wildman–Crippen MR) is 125 cm³/mol. The molecule has 6 nitrogen and oxygen atoms in total. The molecule has 6 heteroatoms.